The minimum absolute atomic E-state index is 0.0218. The van der Waals surface area contributed by atoms with Gasteiger partial charge in [0.25, 0.3) is 0 Å². The Morgan fingerprint density at radius 2 is 1.71 bits per heavy atom. The molecule has 0 aliphatic rings. The van der Waals surface area contributed by atoms with Crippen molar-refractivity contribution >= 4 is 26.0 Å². The second-order valence-electron chi connectivity index (χ2n) is 3.35. The largest absolute Gasteiger partial charge is 0.224 e. The van der Waals surface area contributed by atoms with Gasteiger partial charge < -0.3 is 0 Å². The number of hydrogen-bond acceptors (Lipinski definition) is 2. The molecule has 0 aromatic carbocycles. The van der Waals surface area contributed by atoms with E-state index in [1.54, 1.807) is 4.31 Å². The third kappa shape index (κ3) is 4.28. The lowest BCUT2D eigenvalue weighted by molar-refractivity contribution is 0.341. The van der Waals surface area contributed by atoms with Crippen molar-refractivity contribution in [3.63, 3.8) is 0 Å². The first-order chi connectivity index (χ1) is 6.51. The molecule has 14 heavy (non-hydrogen) atoms. The fourth-order valence-corrected chi connectivity index (χ4v) is 3.18. The van der Waals surface area contributed by atoms with Crippen molar-refractivity contribution in [2.24, 2.45) is 5.92 Å². The van der Waals surface area contributed by atoms with Gasteiger partial charge >= 0.3 is 0 Å². The summed E-state index contributed by atoms with van der Waals surface area (Å²) in [5.41, 5.74) is 0. The molecule has 0 aromatic rings. The van der Waals surface area contributed by atoms with E-state index in [2.05, 4.69) is 29.8 Å². The number of nitrogens with zero attached hydrogens (tertiary/aromatic N) is 1. The van der Waals surface area contributed by atoms with Gasteiger partial charge in [0.15, 0.2) is 0 Å². The quantitative estimate of drug-likeness (QED) is 0.674. The summed E-state index contributed by atoms with van der Waals surface area (Å²) in [6.07, 6.45) is 2.07. The van der Waals surface area contributed by atoms with Gasteiger partial charge in [0, 0.05) is 13.1 Å². The molecule has 5 heteroatoms. The van der Waals surface area contributed by atoms with E-state index in [1.807, 2.05) is 6.92 Å². The van der Waals surface area contributed by atoms with Crippen molar-refractivity contribution in [2.75, 3.05) is 17.8 Å². The Morgan fingerprint density at radius 3 is 2.00 bits per heavy atom. The van der Waals surface area contributed by atoms with E-state index in [1.165, 1.54) is 0 Å². The fourth-order valence-electron chi connectivity index (χ4n) is 1.34. The van der Waals surface area contributed by atoms with E-state index in [0.29, 0.717) is 19.0 Å². The van der Waals surface area contributed by atoms with Crippen molar-refractivity contribution in [2.45, 2.75) is 33.6 Å². The molecule has 0 unspecified atom stereocenters. The molecule has 0 rings (SSSR count). The second kappa shape index (κ2) is 6.80. The maximum Gasteiger partial charge on any atom is 0.224 e. The summed E-state index contributed by atoms with van der Waals surface area (Å²) in [4.78, 5) is 0. The zero-order valence-corrected chi connectivity index (χ0v) is 11.6. The summed E-state index contributed by atoms with van der Waals surface area (Å²) in [5, 5.41) is 0. The molecule has 0 heterocycles. The molecule has 0 saturated heterocycles. The van der Waals surface area contributed by atoms with Gasteiger partial charge in [0.2, 0.25) is 10.0 Å². The van der Waals surface area contributed by atoms with Crippen LogP contribution in [0.5, 0.6) is 0 Å². The second-order valence-corrected chi connectivity index (χ2v) is 6.63. The van der Waals surface area contributed by atoms with E-state index in [9.17, 15) is 8.42 Å². The van der Waals surface area contributed by atoms with Crippen LogP contribution < -0.4 is 0 Å². The van der Waals surface area contributed by atoms with Crippen molar-refractivity contribution in [3.05, 3.63) is 0 Å². The molecule has 0 saturated carbocycles. The van der Waals surface area contributed by atoms with Crippen LogP contribution in [-0.2, 0) is 10.0 Å². The zero-order chi connectivity index (χ0) is 11.2. The van der Waals surface area contributed by atoms with Gasteiger partial charge in [-0.15, -0.1) is 0 Å². The number of rotatable bonds is 7. The summed E-state index contributed by atoms with van der Waals surface area (Å²) in [6, 6.07) is 0. The van der Waals surface area contributed by atoms with Crippen LogP contribution in [0, 0.1) is 5.92 Å². The molecule has 86 valence electrons. The molecular weight excluding hydrogens is 266 g/mol. The Balaban J connectivity index is 4.43. The molecule has 0 atom stereocenters. The van der Waals surface area contributed by atoms with Crippen LogP contribution in [0.4, 0.5) is 0 Å². The average molecular weight is 286 g/mol. The lowest BCUT2D eigenvalue weighted by Gasteiger charge is -2.23. The summed E-state index contributed by atoms with van der Waals surface area (Å²) in [7, 11) is -3.08. The van der Waals surface area contributed by atoms with E-state index in [-0.39, 0.29) is 4.66 Å². The third-order valence-corrected chi connectivity index (χ3v) is 5.71. The molecule has 3 nitrogen and oxygen atoms in total. The maximum atomic E-state index is 11.6. The summed E-state index contributed by atoms with van der Waals surface area (Å²) in [5.74, 6) is 0.476. The Labute approximate surface area is 96.0 Å². The highest BCUT2D eigenvalue weighted by molar-refractivity contribution is 9.10. The Hall–Kier alpha value is 0.390. The molecule has 0 aromatic heterocycles. The van der Waals surface area contributed by atoms with Crippen LogP contribution in [0.25, 0.3) is 0 Å². The highest BCUT2D eigenvalue weighted by atomic mass is 79.9. The molecule has 0 aliphatic heterocycles. The monoisotopic (exact) mass is 285 g/mol. The Bertz CT molecular complexity index is 237. The van der Waals surface area contributed by atoms with E-state index in [4.69, 9.17) is 0 Å². The first-order valence-electron chi connectivity index (χ1n) is 5.05. The lowest BCUT2D eigenvalue weighted by atomic mass is 10.0. The van der Waals surface area contributed by atoms with Gasteiger partial charge in [-0.25, -0.2) is 12.7 Å². The van der Waals surface area contributed by atoms with Crippen molar-refractivity contribution in [1.82, 2.24) is 4.31 Å². The number of halogens is 1. The third-order valence-electron chi connectivity index (χ3n) is 2.50. The number of hydrogen-bond donors (Lipinski definition) is 0. The molecule has 0 spiro atoms. The van der Waals surface area contributed by atoms with Crippen LogP contribution in [0.2, 0.25) is 0 Å². The van der Waals surface area contributed by atoms with Gasteiger partial charge in [-0.3, -0.25) is 0 Å². The Morgan fingerprint density at radius 1 is 1.21 bits per heavy atom. The summed E-state index contributed by atoms with van der Waals surface area (Å²) >= 11 is 3.02. The normalized spacial score (nSPS) is 12.7. The minimum atomic E-state index is -3.08. The molecular formula is C9H20BrNO2S. The number of alkyl halides is 1. The van der Waals surface area contributed by atoms with Gasteiger partial charge in [-0.05, 0) is 5.92 Å². The predicted octanol–water partition coefficient (Wildman–Crippen LogP) is 2.43. The van der Waals surface area contributed by atoms with Crippen molar-refractivity contribution in [3.8, 4) is 0 Å². The summed E-state index contributed by atoms with van der Waals surface area (Å²) in [6.45, 7) is 7.29. The summed E-state index contributed by atoms with van der Waals surface area (Å²) < 4.78 is 24.7. The first-order valence-corrected chi connectivity index (χ1v) is 7.78. The topological polar surface area (TPSA) is 37.4 Å². The Kier molecular flexibility index (Phi) is 6.99. The molecule has 0 bridgehead atoms. The smallest absolute Gasteiger partial charge is 0.211 e. The van der Waals surface area contributed by atoms with E-state index < -0.39 is 10.0 Å². The molecule has 0 radical (unpaired) electrons. The van der Waals surface area contributed by atoms with E-state index >= 15 is 0 Å². The SMILES string of the molecule is CCC(CC)CN(CC)S(=O)(=O)CBr. The van der Waals surface area contributed by atoms with Crippen LogP contribution >= 0.6 is 15.9 Å². The van der Waals surface area contributed by atoms with Gasteiger partial charge in [0.1, 0.15) is 4.66 Å². The maximum absolute atomic E-state index is 11.6. The van der Waals surface area contributed by atoms with Crippen molar-refractivity contribution in [1.29, 1.82) is 0 Å². The zero-order valence-electron chi connectivity index (χ0n) is 9.16. The highest BCUT2D eigenvalue weighted by Gasteiger charge is 2.21. The van der Waals surface area contributed by atoms with Crippen LogP contribution in [0.1, 0.15) is 33.6 Å². The van der Waals surface area contributed by atoms with Gasteiger partial charge in [0.05, 0.1) is 0 Å². The van der Waals surface area contributed by atoms with E-state index in [0.717, 1.165) is 12.8 Å². The average Bonchev–Trinajstić information content (AvgIpc) is 2.19. The highest BCUT2D eigenvalue weighted by Crippen LogP contribution is 2.13. The standard InChI is InChI=1S/C9H20BrNO2S/c1-4-9(5-2)7-11(6-3)14(12,13)8-10/h9H,4-8H2,1-3H3. The molecule has 0 aliphatic carbocycles. The first kappa shape index (κ1) is 14.4. The van der Waals surface area contributed by atoms with Crippen LogP contribution in [0.3, 0.4) is 0 Å². The molecule has 0 fully saturated rings. The molecule has 0 amide bonds. The van der Waals surface area contributed by atoms with Gasteiger partial charge in [-0.1, -0.05) is 49.5 Å². The van der Waals surface area contributed by atoms with Crippen LogP contribution in [0.15, 0.2) is 0 Å². The lowest BCUT2D eigenvalue weighted by Crippen LogP contribution is -2.35. The predicted molar refractivity (Wildman–Crippen MR) is 64.0 cm³/mol. The van der Waals surface area contributed by atoms with Crippen LogP contribution in [-0.4, -0.2) is 30.5 Å². The van der Waals surface area contributed by atoms with Gasteiger partial charge in [-0.2, -0.15) is 0 Å². The number of sulfonamides is 1. The minimum Gasteiger partial charge on any atom is -0.211 e. The molecule has 0 N–H and O–H groups in total. The fraction of sp³-hybridized carbons (Fsp3) is 1.00. The van der Waals surface area contributed by atoms with Crippen molar-refractivity contribution < 1.29 is 8.42 Å².